The topological polar surface area (TPSA) is 61.9 Å². The van der Waals surface area contributed by atoms with E-state index in [1.807, 2.05) is 36.4 Å². The molecule has 0 atom stereocenters. The maximum absolute atomic E-state index is 12.3. The molecule has 1 heterocycles. The Balaban J connectivity index is 1.42. The van der Waals surface area contributed by atoms with Gasteiger partial charge in [0.05, 0.1) is 29.9 Å². The number of amides is 1. The first-order valence-corrected chi connectivity index (χ1v) is 9.60. The Kier molecular flexibility index (Phi) is 6.90. The van der Waals surface area contributed by atoms with Crippen LogP contribution in [0.2, 0.25) is 5.02 Å². The second-order valence-corrected chi connectivity index (χ2v) is 7.09. The van der Waals surface area contributed by atoms with Crippen molar-refractivity contribution < 1.29 is 14.3 Å². The summed E-state index contributed by atoms with van der Waals surface area (Å²) < 4.78 is 4.68. The third kappa shape index (κ3) is 5.24. The van der Waals surface area contributed by atoms with Gasteiger partial charge in [0.25, 0.3) is 0 Å². The number of nitrogens with zero attached hydrogens (tertiary/aromatic N) is 2. The highest BCUT2D eigenvalue weighted by atomic mass is 35.5. The van der Waals surface area contributed by atoms with Gasteiger partial charge in [0.2, 0.25) is 5.91 Å². The number of anilines is 1. The van der Waals surface area contributed by atoms with Crippen molar-refractivity contribution in [2.45, 2.75) is 6.54 Å². The molecule has 0 aliphatic carbocycles. The molecule has 0 bridgehead atoms. The zero-order chi connectivity index (χ0) is 19.9. The number of benzene rings is 2. The molecular formula is C21H24ClN3O3. The summed E-state index contributed by atoms with van der Waals surface area (Å²) in [6, 6.07) is 14.9. The number of carbonyl (C=O) groups excluding carboxylic acids is 2. The molecule has 0 radical (unpaired) electrons. The molecule has 1 aliphatic heterocycles. The van der Waals surface area contributed by atoms with Gasteiger partial charge < -0.3 is 15.0 Å². The van der Waals surface area contributed by atoms with Crippen LogP contribution in [0, 0.1) is 0 Å². The number of carbonyl (C=O) groups is 2. The number of hydrogen-bond donors (Lipinski definition) is 1. The van der Waals surface area contributed by atoms with E-state index in [0.717, 1.165) is 42.5 Å². The fourth-order valence-electron chi connectivity index (χ4n) is 3.19. The molecular weight excluding hydrogens is 378 g/mol. The standard InChI is InChI=1S/C21H24ClN3O3/c1-28-21(27)17-8-6-16(7-9-17)14-23-20(26)15-24-10-12-25(13-11-24)19-5-3-2-4-18(19)22/h2-9H,10-15H2,1H3,(H,23,26). The number of piperazine rings is 1. The van der Waals surface area contributed by atoms with Crippen LogP contribution in [-0.2, 0) is 16.1 Å². The largest absolute Gasteiger partial charge is 0.465 e. The van der Waals surface area contributed by atoms with Crippen molar-refractivity contribution in [2.24, 2.45) is 0 Å². The van der Waals surface area contributed by atoms with E-state index in [0.29, 0.717) is 18.7 Å². The zero-order valence-corrected chi connectivity index (χ0v) is 16.6. The number of ether oxygens (including phenoxy) is 1. The highest BCUT2D eigenvalue weighted by Crippen LogP contribution is 2.25. The summed E-state index contributed by atoms with van der Waals surface area (Å²) in [5.74, 6) is -0.380. The Bertz CT molecular complexity index is 818. The summed E-state index contributed by atoms with van der Waals surface area (Å²) >= 11 is 6.27. The van der Waals surface area contributed by atoms with Crippen LogP contribution < -0.4 is 10.2 Å². The lowest BCUT2D eigenvalue weighted by Crippen LogP contribution is -2.49. The van der Waals surface area contributed by atoms with Crippen LogP contribution >= 0.6 is 11.6 Å². The predicted molar refractivity (Wildman–Crippen MR) is 110 cm³/mol. The van der Waals surface area contributed by atoms with E-state index < -0.39 is 0 Å². The zero-order valence-electron chi connectivity index (χ0n) is 15.9. The number of halogens is 1. The van der Waals surface area contributed by atoms with Crippen molar-refractivity contribution in [1.29, 1.82) is 0 Å². The highest BCUT2D eigenvalue weighted by molar-refractivity contribution is 6.33. The Hall–Kier alpha value is -2.57. The van der Waals surface area contributed by atoms with Gasteiger partial charge in [-0.1, -0.05) is 35.9 Å². The molecule has 1 aliphatic rings. The van der Waals surface area contributed by atoms with Gasteiger partial charge in [-0.3, -0.25) is 9.69 Å². The van der Waals surface area contributed by atoms with Gasteiger partial charge in [-0.2, -0.15) is 0 Å². The van der Waals surface area contributed by atoms with Crippen LogP contribution in [0.5, 0.6) is 0 Å². The molecule has 0 aromatic heterocycles. The van der Waals surface area contributed by atoms with Gasteiger partial charge in [0, 0.05) is 32.7 Å². The van der Waals surface area contributed by atoms with Crippen LogP contribution in [0.25, 0.3) is 0 Å². The first-order valence-electron chi connectivity index (χ1n) is 9.22. The van der Waals surface area contributed by atoms with Gasteiger partial charge in [-0.05, 0) is 29.8 Å². The smallest absolute Gasteiger partial charge is 0.337 e. The average Bonchev–Trinajstić information content (AvgIpc) is 2.73. The van der Waals surface area contributed by atoms with Crippen molar-refractivity contribution in [2.75, 3.05) is 44.7 Å². The van der Waals surface area contributed by atoms with E-state index in [1.165, 1.54) is 7.11 Å². The normalized spacial score (nSPS) is 14.6. The third-order valence-electron chi connectivity index (χ3n) is 4.80. The fourth-order valence-corrected chi connectivity index (χ4v) is 3.45. The minimum Gasteiger partial charge on any atom is -0.465 e. The minimum atomic E-state index is -0.369. The van der Waals surface area contributed by atoms with Crippen LogP contribution in [0.4, 0.5) is 5.69 Å². The second kappa shape index (κ2) is 9.57. The third-order valence-corrected chi connectivity index (χ3v) is 5.12. The lowest BCUT2D eigenvalue weighted by atomic mass is 10.1. The van der Waals surface area contributed by atoms with Crippen molar-refractivity contribution >= 4 is 29.2 Å². The van der Waals surface area contributed by atoms with Gasteiger partial charge in [0.15, 0.2) is 0 Å². The van der Waals surface area contributed by atoms with Crippen molar-refractivity contribution in [1.82, 2.24) is 10.2 Å². The molecule has 1 N–H and O–H groups in total. The molecule has 28 heavy (non-hydrogen) atoms. The van der Waals surface area contributed by atoms with E-state index in [4.69, 9.17) is 11.6 Å². The first-order chi connectivity index (χ1) is 13.6. The van der Waals surface area contributed by atoms with Gasteiger partial charge in [-0.25, -0.2) is 4.79 Å². The van der Waals surface area contributed by atoms with Crippen LogP contribution in [-0.4, -0.2) is 56.6 Å². The maximum Gasteiger partial charge on any atom is 0.337 e. The monoisotopic (exact) mass is 401 g/mol. The Morgan fingerprint density at radius 2 is 1.71 bits per heavy atom. The Morgan fingerprint density at radius 1 is 1.04 bits per heavy atom. The van der Waals surface area contributed by atoms with E-state index >= 15 is 0 Å². The minimum absolute atomic E-state index is 0.0109. The SMILES string of the molecule is COC(=O)c1ccc(CNC(=O)CN2CCN(c3ccccc3Cl)CC2)cc1. The number of hydrogen-bond acceptors (Lipinski definition) is 5. The van der Waals surface area contributed by atoms with Gasteiger partial charge in [-0.15, -0.1) is 0 Å². The van der Waals surface area contributed by atoms with Crippen LogP contribution in [0.3, 0.4) is 0 Å². The molecule has 0 spiro atoms. The molecule has 7 heteroatoms. The number of para-hydroxylation sites is 1. The fraction of sp³-hybridized carbons (Fsp3) is 0.333. The predicted octanol–water partition coefficient (Wildman–Crippen LogP) is 2.57. The first kappa shape index (κ1) is 20.2. The van der Waals surface area contributed by atoms with E-state index in [-0.39, 0.29) is 11.9 Å². The Morgan fingerprint density at radius 3 is 2.36 bits per heavy atom. The maximum atomic E-state index is 12.3. The van der Waals surface area contributed by atoms with Crippen molar-refractivity contribution in [3.8, 4) is 0 Å². The number of rotatable bonds is 6. The summed E-state index contributed by atoms with van der Waals surface area (Å²) in [5.41, 5.74) is 2.47. The molecule has 6 nitrogen and oxygen atoms in total. The molecule has 2 aromatic carbocycles. The molecule has 1 amide bonds. The lowest BCUT2D eigenvalue weighted by Gasteiger charge is -2.36. The lowest BCUT2D eigenvalue weighted by molar-refractivity contribution is -0.122. The Labute approximate surface area is 170 Å². The van der Waals surface area contributed by atoms with Gasteiger partial charge in [0.1, 0.15) is 0 Å². The molecule has 0 unspecified atom stereocenters. The molecule has 1 saturated heterocycles. The number of methoxy groups -OCH3 is 1. The summed E-state index contributed by atoms with van der Waals surface area (Å²) in [7, 11) is 1.35. The summed E-state index contributed by atoms with van der Waals surface area (Å²) in [6.07, 6.45) is 0. The van der Waals surface area contributed by atoms with E-state index in [1.54, 1.807) is 12.1 Å². The van der Waals surface area contributed by atoms with E-state index in [9.17, 15) is 9.59 Å². The van der Waals surface area contributed by atoms with Crippen LogP contribution in [0.1, 0.15) is 15.9 Å². The average molecular weight is 402 g/mol. The second-order valence-electron chi connectivity index (χ2n) is 6.68. The van der Waals surface area contributed by atoms with E-state index in [2.05, 4.69) is 19.9 Å². The summed E-state index contributed by atoms with van der Waals surface area (Å²) in [4.78, 5) is 28.1. The van der Waals surface area contributed by atoms with Crippen LogP contribution in [0.15, 0.2) is 48.5 Å². The molecule has 148 valence electrons. The number of esters is 1. The number of nitrogens with one attached hydrogen (secondary N) is 1. The molecule has 1 fully saturated rings. The summed E-state index contributed by atoms with van der Waals surface area (Å²) in [6.45, 7) is 4.10. The highest BCUT2D eigenvalue weighted by Gasteiger charge is 2.20. The molecule has 0 saturated carbocycles. The van der Waals surface area contributed by atoms with Crippen molar-refractivity contribution in [3.05, 3.63) is 64.7 Å². The van der Waals surface area contributed by atoms with Crippen molar-refractivity contribution in [3.63, 3.8) is 0 Å². The quantitative estimate of drug-likeness (QED) is 0.754. The molecule has 3 rings (SSSR count). The molecule has 2 aromatic rings. The van der Waals surface area contributed by atoms with Gasteiger partial charge >= 0.3 is 5.97 Å². The summed E-state index contributed by atoms with van der Waals surface area (Å²) in [5, 5.41) is 3.69.